The summed E-state index contributed by atoms with van der Waals surface area (Å²) in [6.45, 7) is 0.498. The number of nitrogens with zero attached hydrogens (tertiary/aromatic N) is 3. The van der Waals surface area contributed by atoms with Crippen LogP contribution in [0.5, 0.6) is 0 Å². The third-order valence-electron chi connectivity index (χ3n) is 2.71. The first-order valence-corrected chi connectivity index (χ1v) is 7.13. The molecule has 0 N–H and O–H groups in total. The van der Waals surface area contributed by atoms with E-state index in [1.165, 1.54) is 4.57 Å². The summed E-state index contributed by atoms with van der Waals surface area (Å²) < 4.78 is 6.65. The lowest BCUT2D eigenvalue weighted by molar-refractivity contribution is 0.504. The predicted molar refractivity (Wildman–Crippen MR) is 73.6 cm³/mol. The maximum Gasteiger partial charge on any atom is 0.421 e. The molecule has 0 aliphatic heterocycles. The average Bonchev–Trinajstić information content (AvgIpc) is 3.00. The average molecular weight is 296 g/mol. The molecule has 0 fully saturated rings. The molecule has 7 heteroatoms. The van der Waals surface area contributed by atoms with Crippen LogP contribution in [0.15, 0.2) is 32.9 Å². The second-order valence-corrected chi connectivity index (χ2v) is 5.17. The SMILES string of the molecule is O=c1oc2cccnc2n1CCc1nc(CCl)cs1. The summed E-state index contributed by atoms with van der Waals surface area (Å²) >= 11 is 7.25. The molecular formula is C12H10ClN3O2S. The summed E-state index contributed by atoms with van der Waals surface area (Å²) in [7, 11) is 0. The van der Waals surface area contributed by atoms with Gasteiger partial charge in [-0.25, -0.2) is 14.8 Å². The fourth-order valence-electron chi connectivity index (χ4n) is 1.83. The number of aryl methyl sites for hydroxylation is 2. The second kappa shape index (κ2) is 5.14. The second-order valence-electron chi connectivity index (χ2n) is 3.96. The molecule has 0 bridgehead atoms. The van der Waals surface area contributed by atoms with Gasteiger partial charge in [0, 0.05) is 24.5 Å². The van der Waals surface area contributed by atoms with Crippen molar-refractivity contribution >= 4 is 34.2 Å². The lowest BCUT2D eigenvalue weighted by Crippen LogP contribution is -2.16. The van der Waals surface area contributed by atoms with Crippen molar-refractivity contribution in [1.29, 1.82) is 0 Å². The molecule has 0 aliphatic rings. The van der Waals surface area contributed by atoms with Crippen molar-refractivity contribution in [1.82, 2.24) is 14.5 Å². The van der Waals surface area contributed by atoms with Crippen molar-refractivity contribution < 1.29 is 4.42 Å². The first-order chi connectivity index (χ1) is 9.28. The Hall–Kier alpha value is -1.66. The van der Waals surface area contributed by atoms with Crippen LogP contribution in [-0.4, -0.2) is 14.5 Å². The number of thiazole rings is 1. The van der Waals surface area contributed by atoms with E-state index in [1.54, 1.807) is 29.7 Å². The first-order valence-electron chi connectivity index (χ1n) is 5.71. The van der Waals surface area contributed by atoms with Crippen molar-refractivity contribution in [3.63, 3.8) is 0 Å². The molecule has 3 rings (SSSR count). The maximum absolute atomic E-state index is 11.7. The minimum absolute atomic E-state index is 0.386. The normalized spacial score (nSPS) is 11.2. The Kier molecular flexibility index (Phi) is 3.35. The Balaban J connectivity index is 1.85. The van der Waals surface area contributed by atoms with Gasteiger partial charge < -0.3 is 4.42 Å². The summed E-state index contributed by atoms with van der Waals surface area (Å²) in [5.41, 5.74) is 1.94. The number of halogens is 1. The first kappa shape index (κ1) is 12.4. The molecule has 5 nitrogen and oxygen atoms in total. The van der Waals surface area contributed by atoms with Gasteiger partial charge >= 0.3 is 5.76 Å². The van der Waals surface area contributed by atoms with Crippen LogP contribution in [0.3, 0.4) is 0 Å². The molecule has 0 saturated heterocycles. The van der Waals surface area contributed by atoms with E-state index >= 15 is 0 Å². The van der Waals surface area contributed by atoms with E-state index in [-0.39, 0.29) is 5.76 Å². The topological polar surface area (TPSA) is 60.9 Å². The summed E-state index contributed by atoms with van der Waals surface area (Å²) in [5.74, 6) is 0.0231. The fraction of sp³-hybridized carbons (Fsp3) is 0.250. The largest absolute Gasteiger partial charge is 0.421 e. The zero-order chi connectivity index (χ0) is 13.2. The third kappa shape index (κ3) is 2.41. The molecule has 0 saturated carbocycles. The van der Waals surface area contributed by atoms with Gasteiger partial charge in [0.1, 0.15) is 0 Å². The highest BCUT2D eigenvalue weighted by Gasteiger charge is 2.10. The Bertz CT molecular complexity index is 762. The minimum Gasteiger partial charge on any atom is -0.406 e. The number of fused-ring (bicyclic) bond motifs is 1. The van der Waals surface area contributed by atoms with Crippen LogP contribution in [0.25, 0.3) is 11.2 Å². The Morgan fingerprint density at radius 3 is 3.16 bits per heavy atom. The van der Waals surface area contributed by atoms with Crippen LogP contribution in [-0.2, 0) is 18.8 Å². The van der Waals surface area contributed by atoms with E-state index in [0.717, 1.165) is 10.7 Å². The number of alkyl halides is 1. The van der Waals surface area contributed by atoms with E-state index in [0.29, 0.717) is 30.1 Å². The number of rotatable bonds is 4. The summed E-state index contributed by atoms with van der Waals surface area (Å²) in [4.78, 5) is 20.3. The highest BCUT2D eigenvalue weighted by Crippen LogP contribution is 2.14. The molecule has 0 radical (unpaired) electrons. The number of hydrogen-bond acceptors (Lipinski definition) is 5. The summed E-state index contributed by atoms with van der Waals surface area (Å²) in [5, 5.41) is 2.88. The number of oxazole rings is 1. The van der Waals surface area contributed by atoms with Crippen LogP contribution in [0.2, 0.25) is 0 Å². The van der Waals surface area contributed by atoms with Crippen molar-refractivity contribution in [2.75, 3.05) is 0 Å². The van der Waals surface area contributed by atoms with Gasteiger partial charge in [-0.05, 0) is 12.1 Å². The van der Waals surface area contributed by atoms with Gasteiger partial charge in [0.15, 0.2) is 11.2 Å². The molecule has 3 aromatic rings. The molecule has 3 heterocycles. The van der Waals surface area contributed by atoms with Gasteiger partial charge in [-0.2, -0.15) is 0 Å². The number of pyridine rings is 1. The van der Waals surface area contributed by atoms with Crippen LogP contribution in [0.1, 0.15) is 10.7 Å². The quantitative estimate of drug-likeness (QED) is 0.694. The standard InChI is InChI=1S/C12H10ClN3O2S/c13-6-8-7-19-10(15-8)3-5-16-11-9(18-12(16)17)2-1-4-14-11/h1-2,4,7H,3,5-6H2. The number of aromatic nitrogens is 3. The third-order valence-corrected chi connectivity index (χ3v) is 3.94. The highest BCUT2D eigenvalue weighted by molar-refractivity contribution is 7.09. The van der Waals surface area contributed by atoms with Crippen LogP contribution < -0.4 is 5.76 Å². The number of hydrogen-bond donors (Lipinski definition) is 0. The molecule has 0 amide bonds. The van der Waals surface area contributed by atoms with E-state index in [2.05, 4.69) is 9.97 Å². The van der Waals surface area contributed by atoms with Gasteiger partial charge in [-0.3, -0.25) is 4.57 Å². The fourth-order valence-corrected chi connectivity index (χ4v) is 2.85. The molecule has 0 spiro atoms. The van der Waals surface area contributed by atoms with Gasteiger partial charge in [0.25, 0.3) is 0 Å². The lowest BCUT2D eigenvalue weighted by atomic mass is 10.4. The van der Waals surface area contributed by atoms with Gasteiger partial charge in [-0.15, -0.1) is 22.9 Å². The van der Waals surface area contributed by atoms with Crippen molar-refractivity contribution in [3.05, 3.63) is 45.0 Å². The zero-order valence-electron chi connectivity index (χ0n) is 9.88. The van der Waals surface area contributed by atoms with E-state index in [4.69, 9.17) is 16.0 Å². The highest BCUT2D eigenvalue weighted by atomic mass is 35.5. The molecule has 0 aliphatic carbocycles. The van der Waals surface area contributed by atoms with E-state index in [1.807, 2.05) is 5.38 Å². The molecular weight excluding hydrogens is 286 g/mol. The molecule has 0 atom stereocenters. The monoisotopic (exact) mass is 295 g/mol. The Morgan fingerprint density at radius 1 is 1.47 bits per heavy atom. The maximum atomic E-state index is 11.7. The molecule has 19 heavy (non-hydrogen) atoms. The van der Waals surface area contributed by atoms with Gasteiger partial charge in [-0.1, -0.05) is 0 Å². The van der Waals surface area contributed by atoms with Crippen LogP contribution >= 0.6 is 22.9 Å². The van der Waals surface area contributed by atoms with E-state index < -0.39 is 0 Å². The van der Waals surface area contributed by atoms with Crippen LogP contribution in [0, 0.1) is 0 Å². The van der Waals surface area contributed by atoms with Gasteiger partial charge in [0.05, 0.1) is 16.6 Å². The van der Waals surface area contributed by atoms with E-state index in [9.17, 15) is 4.79 Å². The predicted octanol–water partition coefficient (Wildman–Crippen LogP) is 2.43. The molecule has 3 aromatic heterocycles. The van der Waals surface area contributed by atoms with Crippen molar-refractivity contribution in [3.8, 4) is 0 Å². The molecule has 0 aromatic carbocycles. The Labute approximate surface area is 117 Å². The summed E-state index contributed by atoms with van der Waals surface area (Å²) in [6.07, 6.45) is 2.30. The summed E-state index contributed by atoms with van der Waals surface area (Å²) in [6, 6.07) is 3.47. The van der Waals surface area contributed by atoms with Crippen molar-refractivity contribution in [2.45, 2.75) is 18.8 Å². The minimum atomic E-state index is -0.386. The Morgan fingerprint density at radius 2 is 2.37 bits per heavy atom. The lowest BCUT2D eigenvalue weighted by Gasteiger charge is -1.98. The van der Waals surface area contributed by atoms with Crippen LogP contribution in [0.4, 0.5) is 0 Å². The zero-order valence-corrected chi connectivity index (χ0v) is 11.4. The molecule has 0 unspecified atom stereocenters. The molecule has 98 valence electrons. The van der Waals surface area contributed by atoms with Crippen molar-refractivity contribution in [2.24, 2.45) is 0 Å². The van der Waals surface area contributed by atoms with Gasteiger partial charge in [0.2, 0.25) is 0 Å². The smallest absolute Gasteiger partial charge is 0.406 e.